The van der Waals surface area contributed by atoms with Crippen molar-refractivity contribution in [1.82, 2.24) is 4.72 Å². The Hall–Kier alpha value is -0.630. The summed E-state index contributed by atoms with van der Waals surface area (Å²) in [5.74, 6) is -0.181. The molecule has 0 amide bonds. The van der Waals surface area contributed by atoms with Crippen molar-refractivity contribution in [3.8, 4) is 0 Å². The van der Waals surface area contributed by atoms with Crippen molar-refractivity contribution in [2.45, 2.75) is 30.7 Å². The molecular formula is C12H16ClNO4S2. The topological polar surface area (TPSA) is 80.3 Å². The second-order valence-corrected chi connectivity index (χ2v) is 9.69. The van der Waals surface area contributed by atoms with Gasteiger partial charge in [0.25, 0.3) is 0 Å². The fourth-order valence-electron chi connectivity index (χ4n) is 2.33. The van der Waals surface area contributed by atoms with Gasteiger partial charge < -0.3 is 0 Å². The van der Waals surface area contributed by atoms with Crippen LogP contribution in [-0.2, 0) is 19.9 Å². The largest absolute Gasteiger partial charge is 0.241 e. The van der Waals surface area contributed by atoms with Gasteiger partial charge >= 0.3 is 0 Å². The number of nitrogens with one attached hydrogen (secondary N) is 1. The molecule has 112 valence electrons. The molecule has 1 fully saturated rings. The first kappa shape index (κ1) is 15.8. The van der Waals surface area contributed by atoms with Crippen LogP contribution in [0.4, 0.5) is 0 Å². The van der Waals surface area contributed by atoms with Crippen LogP contribution in [0.2, 0.25) is 5.02 Å². The third-order valence-electron chi connectivity index (χ3n) is 3.32. The van der Waals surface area contributed by atoms with E-state index in [4.69, 9.17) is 11.6 Å². The molecule has 0 aliphatic carbocycles. The van der Waals surface area contributed by atoms with E-state index in [1.807, 2.05) is 0 Å². The molecule has 0 unspecified atom stereocenters. The maximum absolute atomic E-state index is 12.4. The van der Waals surface area contributed by atoms with Crippen LogP contribution in [0.25, 0.3) is 0 Å². The third kappa shape index (κ3) is 3.33. The van der Waals surface area contributed by atoms with E-state index >= 15 is 0 Å². The maximum Gasteiger partial charge on any atom is 0.241 e. The van der Waals surface area contributed by atoms with Crippen molar-refractivity contribution < 1.29 is 16.8 Å². The highest BCUT2D eigenvalue weighted by molar-refractivity contribution is 7.92. The van der Waals surface area contributed by atoms with Gasteiger partial charge in [-0.2, -0.15) is 0 Å². The summed E-state index contributed by atoms with van der Waals surface area (Å²) >= 11 is 5.83. The SMILES string of the molecule is Cc1ccc(Cl)cc1S(=O)(=O)N[C@]1(C)CCS(=O)(=O)C1. The summed E-state index contributed by atoms with van der Waals surface area (Å²) in [4.78, 5) is 0.0792. The minimum atomic E-state index is -3.80. The number of rotatable bonds is 3. The predicted octanol–water partition coefficient (Wildman–Crippen LogP) is 1.50. The van der Waals surface area contributed by atoms with Crippen LogP contribution >= 0.6 is 11.6 Å². The van der Waals surface area contributed by atoms with Crippen molar-refractivity contribution in [3.05, 3.63) is 28.8 Å². The first-order valence-electron chi connectivity index (χ1n) is 6.04. The lowest BCUT2D eigenvalue weighted by Crippen LogP contribution is -2.46. The fourth-order valence-corrected chi connectivity index (χ4v) is 6.46. The van der Waals surface area contributed by atoms with E-state index in [1.54, 1.807) is 26.0 Å². The molecule has 5 nitrogen and oxygen atoms in total. The summed E-state index contributed by atoms with van der Waals surface area (Å²) in [5, 5.41) is 0.320. The molecule has 20 heavy (non-hydrogen) atoms. The summed E-state index contributed by atoms with van der Waals surface area (Å²) in [7, 11) is -6.98. The molecule has 0 saturated carbocycles. The first-order valence-corrected chi connectivity index (χ1v) is 9.72. The zero-order valence-electron chi connectivity index (χ0n) is 11.2. The maximum atomic E-state index is 12.4. The molecule has 0 radical (unpaired) electrons. The van der Waals surface area contributed by atoms with Crippen molar-refractivity contribution in [2.24, 2.45) is 0 Å². The number of sulfone groups is 1. The van der Waals surface area contributed by atoms with Gasteiger partial charge in [0.15, 0.2) is 9.84 Å². The summed E-state index contributed by atoms with van der Waals surface area (Å²) < 4.78 is 50.4. The summed E-state index contributed by atoms with van der Waals surface area (Å²) in [5.41, 5.74) is -0.404. The number of sulfonamides is 1. The van der Waals surface area contributed by atoms with E-state index < -0.39 is 25.4 Å². The Labute approximate surface area is 124 Å². The molecule has 1 aromatic rings. The minimum Gasteiger partial charge on any atom is -0.229 e. The van der Waals surface area contributed by atoms with Gasteiger partial charge in [-0.15, -0.1) is 0 Å². The van der Waals surface area contributed by atoms with Gasteiger partial charge in [0.1, 0.15) is 0 Å². The van der Waals surface area contributed by atoms with E-state index in [2.05, 4.69) is 4.72 Å². The molecule has 1 heterocycles. The van der Waals surface area contributed by atoms with Gasteiger partial charge in [0.05, 0.1) is 16.4 Å². The fraction of sp³-hybridized carbons (Fsp3) is 0.500. The smallest absolute Gasteiger partial charge is 0.229 e. The molecule has 1 aliphatic heterocycles. The number of halogens is 1. The average Bonchev–Trinajstić information content (AvgIpc) is 2.55. The van der Waals surface area contributed by atoms with Crippen molar-refractivity contribution in [1.29, 1.82) is 0 Å². The molecule has 0 aromatic heterocycles. The van der Waals surface area contributed by atoms with Crippen LogP contribution in [0.5, 0.6) is 0 Å². The Morgan fingerprint density at radius 3 is 2.55 bits per heavy atom. The Bertz CT molecular complexity index is 743. The molecule has 1 N–H and O–H groups in total. The Morgan fingerprint density at radius 2 is 2.00 bits per heavy atom. The van der Waals surface area contributed by atoms with Gasteiger partial charge in [-0.05, 0) is 38.0 Å². The number of hydrogen-bond acceptors (Lipinski definition) is 4. The highest BCUT2D eigenvalue weighted by Gasteiger charge is 2.41. The molecule has 1 atom stereocenters. The van der Waals surface area contributed by atoms with E-state index in [9.17, 15) is 16.8 Å². The van der Waals surface area contributed by atoms with Crippen LogP contribution in [0.3, 0.4) is 0 Å². The van der Waals surface area contributed by atoms with Crippen LogP contribution in [0, 0.1) is 6.92 Å². The molecule has 0 bridgehead atoms. The van der Waals surface area contributed by atoms with E-state index in [0.29, 0.717) is 10.6 Å². The molecular weight excluding hydrogens is 322 g/mol. The zero-order valence-corrected chi connectivity index (χ0v) is 13.6. The molecule has 2 rings (SSSR count). The summed E-state index contributed by atoms with van der Waals surface area (Å²) in [6.07, 6.45) is 0.272. The standard InChI is InChI=1S/C12H16ClNO4S2/c1-9-3-4-10(13)7-11(9)20(17,18)14-12(2)5-6-19(15,16)8-12/h3-4,7,14H,5-6,8H2,1-2H3/t12-/m1/s1. The quantitative estimate of drug-likeness (QED) is 0.906. The predicted molar refractivity (Wildman–Crippen MR) is 78.2 cm³/mol. The van der Waals surface area contributed by atoms with Crippen LogP contribution < -0.4 is 4.72 Å². The average molecular weight is 338 g/mol. The molecule has 1 aromatic carbocycles. The first-order chi connectivity index (χ1) is 9.03. The molecule has 8 heteroatoms. The summed E-state index contributed by atoms with van der Waals surface area (Å²) in [6, 6.07) is 4.59. The molecule has 1 aliphatic rings. The number of benzene rings is 1. The van der Waals surface area contributed by atoms with E-state index in [0.717, 1.165) is 0 Å². The van der Waals surface area contributed by atoms with Gasteiger partial charge in [0, 0.05) is 10.6 Å². The second kappa shape index (κ2) is 4.98. The zero-order chi connectivity index (χ0) is 15.2. The van der Waals surface area contributed by atoms with Crippen LogP contribution in [0.1, 0.15) is 18.9 Å². The lowest BCUT2D eigenvalue weighted by molar-refractivity contribution is 0.461. The lowest BCUT2D eigenvalue weighted by atomic mass is 10.0. The number of aryl methyl sites for hydroxylation is 1. The van der Waals surface area contributed by atoms with Gasteiger partial charge in [-0.1, -0.05) is 17.7 Å². The van der Waals surface area contributed by atoms with Crippen molar-refractivity contribution in [2.75, 3.05) is 11.5 Å². The highest BCUT2D eigenvalue weighted by atomic mass is 35.5. The summed E-state index contributed by atoms with van der Waals surface area (Å²) in [6.45, 7) is 3.27. The van der Waals surface area contributed by atoms with Crippen LogP contribution in [0.15, 0.2) is 23.1 Å². The Kier molecular flexibility index (Phi) is 3.92. The van der Waals surface area contributed by atoms with Gasteiger partial charge in [0.2, 0.25) is 10.0 Å². The molecule has 0 spiro atoms. The normalized spacial score (nSPS) is 25.8. The minimum absolute atomic E-state index is 0.000544. The molecule has 1 saturated heterocycles. The Morgan fingerprint density at radius 1 is 1.35 bits per heavy atom. The third-order valence-corrected chi connectivity index (χ3v) is 7.24. The van der Waals surface area contributed by atoms with E-state index in [1.165, 1.54) is 6.07 Å². The van der Waals surface area contributed by atoms with Crippen molar-refractivity contribution in [3.63, 3.8) is 0 Å². The second-order valence-electron chi connectivity index (χ2n) is 5.42. The monoisotopic (exact) mass is 337 g/mol. The highest BCUT2D eigenvalue weighted by Crippen LogP contribution is 2.27. The number of hydrogen-bond donors (Lipinski definition) is 1. The van der Waals surface area contributed by atoms with Crippen LogP contribution in [-0.4, -0.2) is 33.9 Å². The lowest BCUT2D eigenvalue weighted by Gasteiger charge is -2.24. The van der Waals surface area contributed by atoms with Gasteiger partial charge in [-0.25, -0.2) is 21.6 Å². The van der Waals surface area contributed by atoms with Gasteiger partial charge in [-0.3, -0.25) is 0 Å². The van der Waals surface area contributed by atoms with Crippen molar-refractivity contribution >= 4 is 31.5 Å². The Balaban J connectivity index is 2.35. The van der Waals surface area contributed by atoms with E-state index in [-0.39, 0.29) is 22.8 Å².